The minimum absolute atomic E-state index is 0.216. The first-order valence-electron chi connectivity index (χ1n) is 6.69. The van der Waals surface area contributed by atoms with Gasteiger partial charge in [0.05, 0.1) is 12.1 Å². The average Bonchev–Trinajstić information content (AvgIpc) is 2.73. The molecule has 1 aliphatic heterocycles. The molecule has 0 radical (unpaired) electrons. The van der Waals surface area contributed by atoms with Gasteiger partial charge >= 0.3 is 0 Å². The van der Waals surface area contributed by atoms with Crippen molar-refractivity contribution in [2.75, 3.05) is 19.7 Å². The minimum Gasteiger partial charge on any atom is -0.377 e. The number of hydrogen-bond acceptors (Lipinski definition) is 3. The van der Waals surface area contributed by atoms with Gasteiger partial charge in [0.1, 0.15) is 5.78 Å². The molecule has 1 aliphatic carbocycles. The number of nitrogens with zero attached hydrogens (tertiary/aromatic N) is 1. The summed E-state index contributed by atoms with van der Waals surface area (Å²) in [5, 5.41) is 0. The lowest BCUT2D eigenvalue weighted by molar-refractivity contribution is -0.123. The van der Waals surface area contributed by atoms with E-state index in [4.69, 9.17) is 4.74 Å². The molecule has 0 spiro atoms. The monoisotopic (exact) mass is 225 g/mol. The standard InChI is InChI=1S/C13H23NO2/c1-2-9-16-11-5-4-8-14(10-11)12-6-3-7-13(12)15/h11-12H,2-10H2,1H3. The lowest BCUT2D eigenvalue weighted by Gasteiger charge is -2.35. The molecule has 0 aromatic carbocycles. The molecule has 0 bridgehead atoms. The highest BCUT2D eigenvalue weighted by Gasteiger charge is 2.33. The number of rotatable bonds is 4. The third kappa shape index (κ3) is 2.83. The van der Waals surface area contributed by atoms with Crippen LogP contribution in [0.5, 0.6) is 0 Å². The molecule has 2 atom stereocenters. The van der Waals surface area contributed by atoms with Gasteiger partial charge in [-0.05, 0) is 38.6 Å². The second kappa shape index (κ2) is 5.78. The van der Waals surface area contributed by atoms with Crippen molar-refractivity contribution in [3.05, 3.63) is 0 Å². The Kier molecular flexibility index (Phi) is 4.36. The summed E-state index contributed by atoms with van der Waals surface area (Å²) in [6.45, 7) is 5.05. The van der Waals surface area contributed by atoms with Gasteiger partial charge in [0.25, 0.3) is 0 Å². The number of hydrogen-bond donors (Lipinski definition) is 0. The maximum atomic E-state index is 11.7. The van der Waals surface area contributed by atoms with Gasteiger partial charge in [-0.1, -0.05) is 6.92 Å². The number of ketones is 1. The summed E-state index contributed by atoms with van der Waals surface area (Å²) < 4.78 is 5.80. The van der Waals surface area contributed by atoms with Crippen molar-refractivity contribution >= 4 is 5.78 Å². The highest BCUT2D eigenvalue weighted by Crippen LogP contribution is 2.24. The Morgan fingerprint density at radius 3 is 2.94 bits per heavy atom. The molecule has 2 rings (SSSR count). The Bertz CT molecular complexity index is 242. The Balaban J connectivity index is 1.83. The van der Waals surface area contributed by atoms with Crippen LogP contribution in [0, 0.1) is 0 Å². The first-order valence-corrected chi connectivity index (χ1v) is 6.69. The normalized spacial score (nSPS) is 32.2. The first-order chi connectivity index (χ1) is 7.81. The fraction of sp³-hybridized carbons (Fsp3) is 0.923. The Morgan fingerprint density at radius 2 is 2.25 bits per heavy atom. The van der Waals surface area contributed by atoms with Gasteiger partial charge in [-0.2, -0.15) is 0 Å². The van der Waals surface area contributed by atoms with E-state index < -0.39 is 0 Å². The van der Waals surface area contributed by atoms with E-state index in [9.17, 15) is 4.79 Å². The number of carbonyl (C=O) groups excluding carboxylic acids is 1. The van der Waals surface area contributed by atoms with Crippen LogP contribution in [0.1, 0.15) is 45.4 Å². The molecule has 0 amide bonds. The molecule has 0 aromatic rings. The van der Waals surface area contributed by atoms with Gasteiger partial charge in [0.2, 0.25) is 0 Å². The number of likely N-dealkylation sites (tertiary alicyclic amines) is 1. The molecule has 0 aromatic heterocycles. The molecule has 92 valence electrons. The van der Waals surface area contributed by atoms with Crippen molar-refractivity contribution < 1.29 is 9.53 Å². The van der Waals surface area contributed by atoms with Crippen molar-refractivity contribution in [3.63, 3.8) is 0 Å². The van der Waals surface area contributed by atoms with E-state index in [0.29, 0.717) is 11.9 Å². The van der Waals surface area contributed by atoms with Crippen molar-refractivity contribution in [3.8, 4) is 0 Å². The van der Waals surface area contributed by atoms with E-state index in [0.717, 1.165) is 51.8 Å². The molecular weight excluding hydrogens is 202 g/mol. The van der Waals surface area contributed by atoms with Gasteiger partial charge in [-0.25, -0.2) is 0 Å². The van der Waals surface area contributed by atoms with E-state index in [2.05, 4.69) is 11.8 Å². The summed E-state index contributed by atoms with van der Waals surface area (Å²) in [4.78, 5) is 14.1. The van der Waals surface area contributed by atoms with Gasteiger partial charge in [0.15, 0.2) is 0 Å². The fourth-order valence-electron chi connectivity index (χ4n) is 2.85. The number of piperidine rings is 1. The SMILES string of the molecule is CCCOC1CCCN(C2CCCC2=O)C1. The topological polar surface area (TPSA) is 29.5 Å². The summed E-state index contributed by atoms with van der Waals surface area (Å²) >= 11 is 0. The van der Waals surface area contributed by atoms with Crippen LogP contribution in [0.4, 0.5) is 0 Å². The third-order valence-corrected chi connectivity index (χ3v) is 3.68. The smallest absolute Gasteiger partial charge is 0.149 e. The van der Waals surface area contributed by atoms with E-state index in [-0.39, 0.29) is 6.04 Å². The summed E-state index contributed by atoms with van der Waals surface area (Å²) in [7, 11) is 0. The molecule has 1 saturated carbocycles. The molecule has 2 aliphatic rings. The number of carbonyl (C=O) groups is 1. The predicted octanol–water partition coefficient (Wildman–Crippen LogP) is 2.00. The Morgan fingerprint density at radius 1 is 1.38 bits per heavy atom. The summed E-state index contributed by atoms with van der Waals surface area (Å²) in [6, 6.07) is 0.216. The van der Waals surface area contributed by atoms with Gasteiger partial charge in [-0.15, -0.1) is 0 Å². The predicted molar refractivity (Wildman–Crippen MR) is 63.5 cm³/mol. The zero-order valence-electron chi connectivity index (χ0n) is 10.3. The van der Waals surface area contributed by atoms with E-state index in [1.54, 1.807) is 0 Å². The van der Waals surface area contributed by atoms with Crippen molar-refractivity contribution in [2.24, 2.45) is 0 Å². The maximum absolute atomic E-state index is 11.7. The van der Waals surface area contributed by atoms with Crippen LogP contribution >= 0.6 is 0 Å². The van der Waals surface area contributed by atoms with Gasteiger partial charge in [-0.3, -0.25) is 9.69 Å². The zero-order chi connectivity index (χ0) is 11.4. The number of Topliss-reactive ketones (excluding diaryl/α,β-unsaturated/α-hetero) is 1. The van der Waals surface area contributed by atoms with Crippen molar-refractivity contribution in [2.45, 2.75) is 57.6 Å². The summed E-state index contributed by atoms with van der Waals surface area (Å²) in [5.74, 6) is 0.455. The molecule has 2 fully saturated rings. The third-order valence-electron chi connectivity index (χ3n) is 3.68. The van der Waals surface area contributed by atoms with Gasteiger partial charge < -0.3 is 4.74 Å². The largest absolute Gasteiger partial charge is 0.377 e. The summed E-state index contributed by atoms with van der Waals surface area (Å²) in [6.07, 6.45) is 6.73. The molecule has 1 heterocycles. The van der Waals surface area contributed by atoms with E-state index in [1.807, 2.05) is 0 Å². The molecule has 0 N–H and O–H groups in total. The van der Waals surface area contributed by atoms with Crippen molar-refractivity contribution in [1.82, 2.24) is 4.90 Å². The highest BCUT2D eigenvalue weighted by molar-refractivity contribution is 5.85. The second-order valence-electron chi connectivity index (χ2n) is 5.00. The zero-order valence-corrected chi connectivity index (χ0v) is 10.3. The van der Waals surface area contributed by atoms with Crippen LogP contribution in [-0.4, -0.2) is 42.5 Å². The summed E-state index contributed by atoms with van der Waals surface area (Å²) in [5.41, 5.74) is 0. The van der Waals surface area contributed by atoms with Crippen LogP contribution in [-0.2, 0) is 9.53 Å². The molecule has 1 saturated heterocycles. The Hall–Kier alpha value is -0.410. The Labute approximate surface area is 98.1 Å². The first kappa shape index (κ1) is 12.1. The molecule has 16 heavy (non-hydrogen) atoms. The molecule has 3 heteroatoms. The van der Waals surface area contributed by atoms with E-state index in [1.165, 1.54) is 6.42 Å². The lowest BCUT2D eigenvalue weighted by Crippen LogP contribution is -2.47. The molecular formula is C13H23NO2. The second-order valence-corrected chi connectivity index (χ2v) is 5.00. The van der Waals surface area contributed by atoms with Crippen LogP contribution in [0.15, 0.2) is 0 Å². The van der Waals surface area contributed by atoms with Crippen LogP contribution in [0.3, 0.4) is 0 Å². The minimum atomic E-state index is 0.216. The number of ether oxygens (including phenoxy) is 1. The average molecular weight is 225 g/mol. The fourth-order valence-corrected chi connectivity index (χ4v) is 2.85. The van der Waals surface area contributed by atoms with Crippen LogP contribution in [0.25, 0.3) is 0 Å². The molecule has 2 unspecified atom stereocenters. The van der Waals surface area contributed by atoms with Crippen molar-refractivity contribution in [1.29, 1.82) is 0 Å². The van der Waals surface area contributed by atoms with Crippen LogP contribution < -0.4 is 0 Å². The van der Waals surface area contributed by atoms with E-state index >= 15 is 0 Å². The van der Waals surface area contributed by atoms with Gasteiger partial charge in [0, 0.05) is 19.6 Å². The highest BCUT2D eigenvalue weighted by atomic mass is 16.5. The van der Waals surface area contributed by atoms with Crippen LogP contribution in [0.2, 0.25) is 0 Å². The molecule has 3 nitrogen and oxygen atoms in total. The lowest BCUT2D eigenvalue weighted by atomic mass is 10.0. The maximum Gasteiger partial charge on any atom is 0.149 e. The quantitative estimate of drug-likeness (QED) is 0.733.